The summed E-state index contributed by atoms with van der Waals surface area (Å²) in [5.41, 5.74) is 11.6. The van der Waals surface area contributed by atoms with Gasteiger partial charge in [0.25, 0.3) is 0 Å². The van der Waals surface area contributed by atoms with Crippen LogP contribution < -0.4 is 16.1 Å². The number of nitrogens with one attached hydrogen (secondary N) is 1. The molecule has 2 aliphatic rings. The molecule has 0 amide bonds. The molecule has 0 aromatic heterocycles. The number of thiocarbonyl (C=S) groups is 1. The maximum absolute atomic E-state index is 5.48. The number of hydrogen-bond acceptors (Lipinski definition) is 5. The van der Waals surface area contributed by atoms with Gasteiger partial charge in [0.15, 0.2) is 5.11 Å². The molecule has 23 heavy (non-hydrogen) atoms. The molecule has 0 saturated carbocycles. The van der Waals surface area contributed by atoms with Crippen molar-refractivity contribution in [2.45, 2.75) is 0 Å². The number of likely N-dealkylation sites (N-methyl/N-ethyl adjacent to an activating group) is 1. The molecule has 124 valence electrons. The summed E-state index contributed by atoms with van der Waals surface area (Å²) in [5, 5.41) is 4.56. The van der Waals surface area contributed by atoms with Crippen molar-refractivity contribution in [3.8, 4) is 0 Å². The van der Waals surface area contributed by atoms with Gasteiger partial charge in [-0.2, -0.15) is 5.10 Å². The largest absolute Gasteiger partial charge is 0.375 e. The van der Waals surface area contributed by atoms with E-state index in [9.17, 15) is 0 Å². The summed E-state index contributed by atoms with van der Waals surface area (Å²) in [6.07, 6.45) is 0. The molecule has 3 N–H and O–H groups in total. The van der Waals surface area contributed by atoms with Crippen LogP contribution in [0.5, 0.6) is 0 Å². The highest BCUT2D eigenvalue weighted by Gasteiger charge is 2.25. The average Bonchev–Trinajstić information content (AvgIpc) is 2.91. The second-order valence-corrected chi connectivity index (χ2v) is 6.56. The number of piperazine rings is 1. The van der Waals surface area contributed by atoms with Crippen molar-refractivity contribution in [2.24, 2.45) is 10.8 Å². The molecule has 2 heterocycles. The van der Waals surface area contributed by atoms with Gasteiger partial charge in [-0.05, 0) is 25.3 Å². The molecule has 7 heteroatoms. The molecule has 6 nitrogen and oxygen atoms in total. The second kappa shape index (κ2) is 7.25. The van der Waals surface area contributed by atoms with E-state index in [1.807, 2.05) is 6.07 Å². The zero-order chi connectivity index (χ0) is 16.2. The second-order valence-electron chi connectivity index (χ2n) is 6.12. The van der Waals surface area contributed by atoms with Crippen molar-refractivity contribution in [3.63, 3.8) is 0 Å². The number of nitrogens with zero attached hydrogens (tertiary/aromatic N) is 4. The molecule has 0 atom stereocenters. The van der Waals surface area contributed by atoms with Crippen LogP contribution >= 0.6 is 12.2 Å². The highest BCUT2D eigenvalue weighted by molar-refractivity contribution is 7.80. The topological polar surface area (TPSA) is 60.1 Å². The van der Waals surface area contributed by atoms with Crippen LogP contribution in [0.1, 0.15) is 5.56 Å². The van der Waals surface area contributed by atoms with E-state index in [4.69, 9.17) is 18.0 Å². The lowest BCUT2D eigenvalue weighted by atomic mass is 10.1. The fourth-order valence-corrected chi connectivity index (χ4v) is 3.14. The first-order valence-corrected chi connectivity index (χ1v) is 8.41. The number of benzene rings is 1. The monoisotopic (exact) mass is 332 g/mol. The molecule has 0 bridgehead atoms. The molecular formula is C16H24N6S. The van der Waals surface area contributed by atoms with Gasteiger partial charge in [0, 0.05) is 50.5 Å². The first kappa shape index (κ1) is 16.2. The van der Waals surface area contributed by atoms with Gasteiger partial charge in [-0.1, -0.05) is 18.2 Å². The molecule has 0 radical (unpaired) electrons. The lowest BCUT2D eigenvalue weighted by Gasteiger charge is -2.33. The first-order valence-electron chi connectivity index (χ1n) is 8.01. The third-order valence-electron chi connectivity index (χ3n) is 4.48. The number of anilines is 1. The Morgan fingerprint density at radius 1 is 1.22 bits per heavy atom. The average molecular weight is 332 g/mol. The van der Waals surface area contributed by atoms with Crippen LogP contribution in [0.15, 0.2) is 29.4 Å². The molecule has 2 aliphatic heterocycles. The predicted octanol–water partition coefficient (Wildman–Crippen LogP) is 0.291. The van der Waals surface area contributed by atoms with Gasteiger partial charge >= 0.3 is 0 Å². The smallest absolute Gasteiger partial charge is 0.184 e. The Hall–Kier alpha value is -1.70. The highest BCUT2D eigenvalue weighted by Crippen LogP contribution is 2.27. The lowest BCUT2D eigenvalue weighted by molar-refractivity contribution is 0.157. The minimum atomic E-state index is 0.200. The molecule has 0 spiro atoms. The van der Waals surface area contributed by atoms with E-state index in [-0.39, 0.29) is 5.11 Å². The fourth-order valence-electron chi connectivity index (χ4n) is 3.10. The zero-order valence-corrected chi connectivity index (χ0v) is 14.4. The highest BCUT2D eigenvalue weighted by atomic mass is 32.1. The summed E-state index contributed by atoms with van der Waals surface area (Å²) >= 11 is 4.84. The quantitative estimate of drug-likeness (QED) is 0.611. The van der Waals surface area contributed by atoms with E-state index in [0.717, 1.165) is 57.1 Å². The zero-order valence-electron chi connectivity index (χ0n) is 13.5. The van der Waals surface area contributed by atoms with Crippen molar-refractivity contribution in [1.29, 1.82) is 0 Å². The number of para-hydroxylation sites is 1. The van der Waals surface area contributed by atoms with E-state index < -0.39 is 0 Å². The van der Waals surface area contributed by atoms with Gasteiger partial charge in [-0.3, -0.25) is 10.3 Å². The number of hydrogen-bond donors (Lipinski definition) is 2. The number of fused-ring (bicyclic) bond motifs is 1. The van der Waals surface area contributed by atoms with Crippen LogP contribution in [-0.2, 0) is 0 Å². The molecule has 1 saturated heterocycles. The Morgan fingerprint density at radius 3 is 2.70 bits per heavy atom. The summed E-state index contributed by atoms with van der Waals surface area (Å²) in [7, 11) is 2.19. The molecular weight excluding hydrogens is 308 g/mol. The number of hydrazone groups is 1. The SMILES string of the molecule is CN1CCN(CCN2C/C(=N\NC(N)=S)c3ccccc32)CC1. The van der Waals surface area contributed by atoms with Crippen molar-refractivity contribution in [1.82, 2.24) is 15.2 Å². The molecule has 1 aromatic rings. The summed E-state index contributed by atoms with van der Waals surface area (Å²) in [4.78, 5) is 7.30. The van der Waals surface area contributed by atoms with Crippen LogP contribution in [0.2, 0.25) is 0 Å². The van der Waals surface area contributed by atoms with Gasteiger partial charge < -0.3 is 15.5 Å². The molecule has 0 unspecified atom stereocenters. The molecule has 1 aromatic carbocycles. The van der Waals surface area contributed by atoms with E-state index in [2.05, 4.69) is 50.5 Å². The maximum Gasteiger partial charge on any atom is 0.184 e. The maximum atomic E-state index is 5.48. The van der Waals surface area contributed by atoms with Crippen molar-refractivity contribution in [3.05, 3.63) is 29.8 Å². The minimum Gasteiger partial charge on any atom is -0.375 e. The van der Waals surface area contributed by atoms with Crippen molar-refractivity contribution >= 4 is 28.7 Å². The van der Waals surface area contributed by atoms with E-state index in [1.54, 1.807) is 0 Å². The summed E-state index contributed by atoms with van der Waals surface area (Å²) in [5.74, 6) is 0. The van der Waals surface area contributed by atoms with Crippen molar-refractivity contribution < 1.29 is 0 Å². The Bertz CT molecular complexity index is 594. The fraction of sp³-hybridized carbons (Fsp3) is 0.500. The van der Waals surface area contributed by atoms with Crippen LogP contribution in [0.4, 0.5) is 5.69 Å². The van der Waals surface area contributed by atoms with Gasteiger partial charge in [-0.25, -0.2) is 0 Å². The summed E-state index contributed by atoms with van der Waals surface area (Å²) in [6.45, 7) is 7.49. The normalized spacial score (nSPS) is 20.7. The van der Waals surface area contributed by atoms with Crippen molar-refractivity contribution in [2.75, 3.05) is 57.8 Å². The molecule has 1 fully saturated rings. The number of nitrogens with two attached hydrogens (primary N) is 1. The minimum absolute atomic E-state index is 0.200. The van der Waals surface area contributed by atoms with Gasteiger partial charge in [0.2, 0.25) is 0 Å². The van der Waals surface area contributed by atoms with Crippen LogP contribution in [0.3, 0.4) is 0 Å². The van der Waals surface area contributed by atoms with Crippen LogP contribution in [0, 0.1) is 0 Å². The standard InChI is InChI=1S/C16H24N6S/c1-20-6-8-21(9-7-20)10-11-22-12-14(18-19-16(17)23)13-4-2-3-5-15(13)22/h2-5H,6-12H2,1H3,(H3,17,19,23)/b18-14+. The Labute approximate surface area is 142 Å². The third-order valence-corrected chi connectivity index (χ3v) is 4.57. The first-order chi connectivity index (χ1) is 11.1. The summed E-state index contributed by atoms with van der Waals surface area (Å²) in [6, 6.07) is 8.37. The summed E-state index contributed by atoms with van der Waals surface area (Å²) < 4.78 is 0. The molecule has 0 aliphatic carbocycles. The van der Waals surface area contributed by atoms with Gasteiger partial charge in [-0.15, -0.1) is 0 Å². The Balaban J connectivity index is 1.64. The van der Waals surface area contributed by atoms with Crippen LogP contribution in [-0.4, -0.2) is 73.5 Å². The van der Waals surface area contributed by atoms with Gasteiger partial charge in [0.05, 0.1) is 12.3 Å². The van der Waals surface area contributed by atoms with E-state index in [1.165, 1.54) is 5.69 Å². The van der Waals surface area contributed by atoms with Crippen LogP contribution in [0.25, 0.3) is 0 Å². The Kier molecular flexibility index (Phi) is 5.09. The molecule has 3 rings (SSSR count). The van der Waals surface area contributed by atoms with E-state index >= 15 is 0 Å². The number of rotatable bonds is 4. The predicted molar refractivity (Wildman–Crippen MR) is 99.1 cm³/mol. The lowest BCUT2D eigenvalue weighted by Crippen LogP contribution is -2.47. The van der Waals surface area contributed by atoms with Gasteiger partial charge in [0.1, 0.15) is 0 Å². The Morgan fingerprint density at radius 2 is 1.96 bits per heavy atom. The van der Waals surface area contributed by atoms with E-state index in [0.29, 0.717) is 0 Å². The third kappa shape index (κ3) is 3.99.